The van der Waals surface area contributed by atoms with Gasteiger partial charge in [0.2, 0.25) is 0 Å². The van der Waals surface area contributed by atoms with Gasteiger partial charge in [-0.15, -0.1) is 0 Å². The molecule has 0 aliphatic heterocycles. The van der Waals surface area contributed by atoms with Gasteiger partial charge in [-0.05, 0) is 30.3 Å². The molecule has 3 rings (SSSR count). The fraction of sp³-hybridized carbons (Fsp3) is 0.0714. The molecule has 0 aliphatic carbocycles. The molecule has 0 bridgehead atoms. The topological polar surface area (TPSA) is 64.7 Å². The molecule has 6 heteroatoms. The predicted octanol–water partition coefficient (Wildman–Crippen LogP) is 1.71. The molecule has 6 nitrogen and oxygen atoms in total. The molecule has 0 amide bonds. The van der Waals surface area contributed by atoms with Gasteiger partial charge >= 0.3 is 0 Å². The second-order valence-corrected chi connectivity index (χ2v) is 4.31. The van der Waals surface area contributed by atoms with E-state index in [-0.39, 0.29) is 5.56 Å². The first-order valence-corrected chi connectivity index (χ1v) is 6.14. The maximum absolute atomic E-state index is 11.3. The first-order chi connectivity index (χ1) is 9.72. The highest BCUT2D eigenvalue weighted by molar-refractivity contribution is 5.58. The summed E-state index contributed by atoms with van der Waals surface area (Å²) < 4.78 is 3.07. The number of anilines is 2. The van der Waals surface area contributed by atoms with Crippen LogP contribution in [0.3, 0.4) is 0 Å². The highest BCUT2D eigenvalue weighted by Gasteiger charge is 2.01. The largest absolute Gasteiger partial charge is 0.339 e. The van der Waals surface area contributed by atoms with E-state index in [1.165, 1.54) is 10.7 Å². The zero-order chi connectivity index (χ0) is 13.9. The minimum atomic E-state index is -0.138. The molecule has 0 saturated heterocycles. The van der Waals surface area contributed by atoms with Crippen molar-refractivity contribution in [1.29, 1.82) is 0 Å². The Morgan fingerprint density at radius 3 is 2.80 bits per heavy atom. The molecule has 3 aromatic rings. The molecule has 0 aliphatic rings. The minimum absolute atomic E-state index is 0.138. The quantitative estimate of drug-likeness (QED) is 0.784. The molecule has 0 spiro atoms. The van der Waals surface area contributed by atoms with Crippen molar-refractivity contribution in [3.05, 3.63) is 65.2 Å². The van der Waals surface area contributed by atoms with E-state index in [4.69, 9.17) is 0 Å². The van der Waals surface area contributed by atoms with Crippen LogP contribution in [0.1, 0.15) is 0 Å². The van der Waals surface area contributed by atoms with Gasteiger partial charge in [0.25, 0.3) is 5.56 Å². The van der Waals surface area contributed by atoms with Gasteiger partial charge in [-0.25, -0.2) is 9.36 Å². The number of nitrogens with one attached hydrogen (secondary N) is 1. The third-order valence-electron chi connectivity index (χ3n) is 2.85. The van der Waals surface area contributed by atoms with Crippen LogP contribution in [0.4, 0.5) is 11.5 Å². The lowest BCUT2D eigenvalue weighted by Gasteiger charge is -2.08. The molecule has 0 atom stereocenters. The third kappa shape index (κ3) is 2.44. The van der Waals surface area contributed by atoms with E-state index in [9.17, 15) is 4.79 Å². The standard InChI is InChI=1S/C14H13N5O/c1-18-14(20)7-6-13(17-18)16-11-4-2-5-12(10-11)19-9-3-8-15-19/h2-10H,1H3,(H,16,17). The summed E-state index contributed by atoms with van der Waals surface area (Å²) in [6, 6.07) is 12.8. The van der Waals surface area contributed by atoms with Crippen LogP contribution in [0.5, 0.6) is 0 Å². The predicted molar refractivity (Wildman–Crippen MR) is 76.3 cm³/mol. The molecular weight excluding hydrogens is 254 g/mol. The maximum Gasteiger partial charge on any atom is 0.266 e. The van der Waals surface area contributed by atoms with Gasteiger partial charge in [0.05, 0.1) is 5.69 Å². The van der Waals surface area contributed by atoms with Crippen LogP contribution in [-0.2, 0) is 7.05 Å². The molecule has 0 saturated carbocycles. The fourth-order valence-corrected chi connectivity index (χ4v) is 1.86. The van der Waals surface area contributed by atoms with Gasteiger partial charge in [0.1, 0.15) is 0 Å². The molecule has 2 heterocycles. The van der Waals surface area contributed by atoms with E-state index in [0.29, 0.717) is 5.82 Å². The van der Waals surface area contributed by atoms with E-state index < -0.39 is 0 Å². The first-order valence-electron chi connectivity index (χ1n) is 6.14. The van der Waals surface area contributed by atoms with Gasteiger partial charge in [-0.1, -0.05) is 6.07 Å². The highest BCUT2D eigenvalue weighted by Crippen LogP contribution is 2.17. The molecule has 0 fully saturated rings. The van der Waals surface area contributed by atoms with Crippen molar-refractivity contribution in [1.82, 2.24) is 19.6 Å². The molecule has 20 heavy (non-hydrogen) atoms. The average molecular weight is 267 g/mol. The van der Waals surface area contributed by atoms with Gasteiger partial charge in [0.15, 0.2) is 5.82 Å². The molecule has 0 unspecified atom stereocenters. The summed E-state index contributed by atoms with van der Waals surface area (Å²) in [5, 5.41) is 11.5. The van der Waals surface area contributed by atoms with Gasteiger partial charge in [-0.3, -0.25) is 4.79 Å². The lowest BCUT2D eigenvalue weighted by molar-refractivity contribution is 0.713. The Labute approximate surface area is 115 Å². The molecular formula is C14H13N5O. The number of aryl methyl sites for hydroxylation is 1. The second kappa shape index (κ2) is 5.00. The first kappa shape index (κ1) is 12.2. The smallest absolute Gasteiger partial charge is 0.266 e. The van der Waals surface area contributed by atoms with Crippen molar-refractivity contribution >= 4 is 11.5 Å². The molecule has 0 radical (unpaired) electrons. The van der Waals surface area contributed by atoms with Gasteiger partial charge in [-0.2, -0.15) is 10.2 Å². The monoisotopic (exact) mass is 267 g/mol. The van der Waals surface area contributed by atoms with Crippen LogP contribution in [0.2, 0.25) is 0 Å². The van der Waals surface area contributed by atoms with Crippen LogP contribution in [0, 0.1) is 0 Å². The average Bonchev–Trinajstić information content (AvgIpc) is 2.97. The minimum Gasteiger partial charge on any atom is -0.339 e. The molecule has 1 aromatic carbocycles. The van der Waals surface area contributed by atoms with E-state index in [1.807, 2.05) is 36.5 Å². The van der Waals surface area contributed by atoms with Gasteiger partial charge in [0, 0.05) is 31.2 Å². The Morgan fingerprint density at radius 1 is 1.15 bits per heavy atom. The van der Waals surface area contributed by atoms with Crippen LogP contribution in [0.15, 0.2) is 59.7 Å². The van der Waals surface area contributed by atoms with Crippen molar-refractivity contribution in [2.75, 3.05) is 5.32 Å². The van der Waals surface area contributed by atoms with E-state index in [1.54, 1.807) is 24.0 Å². The van der Waals surface area contributed by atoms with E-state index in [2.05, 4.69) is 15.5 Å². The zero-order valence-electron chi connectivity index (χ0n) is 10.9. The zero-order valence-corrected chi connectivity index (χ0v) is 10.9. The van der Waals surface area contributed by atoms with Crippen molar-refractivity contribution in [2.45, 2.75) is 0 Å². The number of hydrogen-bond acceptors (Lipinski definition) is 4. The van der Waals surface area contributed by atoms with Gasteiger partial charge < -0.3 is 5.32 Å². The summed E-state index contributed by atoms with van der Waals surface area (Å²) in [6.45, 7) is 0. The fourth-order valence-electron chi connectivity index (χ4n) is 1.86. The molecule has 100 valence electrons. The summed E-state index contributed by atoms with van der Waals surface area (Å²) in [6.07, 6.45) is 3.61. The van der Waals surface area contributed by atoms with Crippen molar-refractivity contribution < 1.29 is 0 Å². The normalized spacial score (nSPS) is 10.4. The number of nitrogens with zero attached hydrogens (tertiary/aromatic N) is 4. The lowest BCUT2D eigenvalue weighted by atomic mass is 10.3. The lowest BCUT2D eigenvalue weighted by Crippen LogP contribution is -2.18. The van der Waals surface area contributed by atoms with Crippen LogP contribution in [0.25, 0.3) is 5.69 Å². The summed E-state index contributed by atoms with van der Waals surface area (Å²) in [4.78, 5) is 11.3. The van der Waals surface area contributed by atoms with Crippen LogP contribution in [-0.4, -0.2) is 19.6 Å². The number of rotatable bonds is 3. The Bertz CT molecular complexity index is 776. The number of benzene rings is 1. The Kier molecular flexibility index (Phi) is 3.04. The van der Waals surface area contributed by atoms with Crippen LogP contribution < -0.4 is 10.9 Å². The summed E-state index contributed by atoms with van der Waals surface area (Å²) in [5.74, 6) is 0.615. The summed E-state index contributed by atoms with van der Waals surface area (Å²) in [5.41, 5.74) is 1.69. The van der Waals surface area contributed by atoms with Crippen molar-refractivity contribution in [3.8, 4) is 5.69 Å². The molecule has 2 aromatic heterocycles. The summed E-state index contributed by atoms with van der Waals surface area (Å²) in [7, 11) is 1.62. The number of hydrogen-bond donors (Lipinski definition) is 1. The second-order valence-electron chi connectivity index (χ2n) is 4.31. The third-order valence-corrected chi connectivity index (χ3v) is 2.85. The summed E-state index contributed by atoms with van der Waals surface area (Å²) >= 11 is 0. The Balaban J connectivity index is 1.89. The Hall–Kier alpha value is -2.89. The van der Waals surface area contributed by atoms with E-state index >= 15 is 0 Å². The van der Waals surface area contributed by atoms with Crippen LogP contribution >= 0.6 is 0 Å². The van der Waals surface area contributed by atoms with Crippen molar-refractivity contribution in [3.63, 3.8) is 0 Å². The highest BCUT2D eigenvalue weighted by atomic mass is 16.1. The Morgan fingerprint density at radius 2 is 2.05 bits per heavy atom. The molecule has 1 N–H and O–H groups in total. The maximum atomic E-state index is 11.3. The van der Waals surface area contributed by atoms with E-state index in [0.717, 1.165) is 11.4 Å². The number of aromatic nitrogens is 4. The van der Waals surface area contributed by atoms with Crippen molar-refractivity contribution in [2.24, 2.45) is 7.05 Å². The SMILES string of the molecule is Cn1nc(Nc2cccc(-n3cccn3)c2)ccc1=O.